The number of ether oxygens (including phenoxy) is 3. The Labute approximate surface area is 164 Å². The Kier molecular flexibility index (Phi) is 6.49. The predicted molar refractivity (Wildman–Crippen MR) is 105 cm³/mol. The molecule has 2 aromatic carbocycles. The van der Waals surface area contributed by atoms with E-state index in [1.165, 1.54) is 0 Å². The van der Waals surface area contributed by atoms with Crippen molar-refractivity contribution >= 4 is 17.5 Å². The van der Waals surface area contributed by atoms with Gasteiger partial charge >= 0.3 is 0 Å². The van der Waals surface area contributed by atoms with Gasteiger partial charge in [0.15, 0.2) is 18.1 Å². The molecule has 0 radical (unpaired) electrons. The van der Waals surface area contributed by atoms with Crippen LogP contribution in [0.1, 0.15) is 17.3 Å². The number of morpholine rings is 1. The minimum absolute atomic E-state index is 0.0347. The van der Waals surface area contributed by atoms with Crippen LogP contribution in [0.4, 0.5) is 5.69 Å². The molecule has 7 heteroatoms. The third kappa shape index (κ3) is 5.01. The van der Waals surface area contributed by atoms with Gasteiger partial charge in [0.1, 0.15) is 0 Å². The molecule has 0 saturated carbocycles. The number of rotatable bonds is 6. The van der Waals surface area contributed by atoms with E-state index in [4.69, 9.17) is 14.2 Å². The first-order valence-electron chi connectivity index (χ1n) is 9.13. The van der Waals surface area contributed by atoms with Crippen molar-refractivity contribution in [2.75, 3.05) is 38.7 Å². The average molecular weight is 384 g/mol. The minimum Gasteiger partial charge on any atom is -0.493 e. The SMILES string of the molecule is COc1ccccc1OCC(=O)Nc1ccc(C(=O)N2CCOC(C)C2)cc1. The van der Waals surface area contributed by atoms with Crippen LogP contribution in [0.5, 0.6) is 11.5 Å². The van der Waals surface area contributed by atoms with Crippen molar-refractivity contribution in [2.24, 2.45) is 0 Å². The molecule has 1 fully saturated rings. The van der Waals surface area contributed by atoms with E-state index in [-0.39, 0.29) is 24.5 Å². The zero-order valence-corrected chi connectivity index (χ0v) is 16.0. The number of nitrogens with zero attached hydrogens (tertiary/aromatic N) is 1. The molecule has 28 heavy (non-hydrogen) atoms. The summed E-state index contributed by atoms with van der Waals surface area (Å²) in [4.78, 5) is 26.5. The smallest absolute Gasteiger partial charge is 0.262 e. The number of carbonyl (C=O) groups is 2. The van der Waals surface area contributed by atoms with Crippen molar-refractivity contribution in [2.45, 2.75) is 13.0 Å². The van der Waals surface area contributed by atoms with E-state index < -0.39 is 0 Å². The van der Waals surface area contributed by atoms with Gasteiger partial charge in [-0.2, -0.15) is 0 Å². The van der Waals surface area contributed by atoms with Crippen molar-refractivity contribution in [3.8, 4) is 11.5 Å². The molecule has 0 aromatic heterocycles. The van der Waals surface area contributed by atoms with Gasteiger partial charge < -0.3 is 24.4 Å². The number of amides is 2. The Morgan fingerprint density at radius 1 is 1.14 bits per heavy atom. The van der Waals surface area contributed by atoms with Crippen LogP contribution >= 0.6 is 0 Å². The van der Waals surface area contributed by atoms with E-state index >= 15 is 0 Å². The molecule has 0 bridgehead atoms. The fourth-order valence-corrected chi connectivity index (χ4v) is 2.96. The van der Waals surface area contributed by atoms with Crippen LogP contribution in [-0.4, -0.2) is 56.2 Å². The molecule has 3 rings (SSSR count). The number of para-hydroxylation sites is 2. The van der Waals surface area contributed by atoms with Gasteiger partial charge in [0.05, 0.1) is 19.8 Å². The van der Waals surface area contributed by atoms with Gasteiger partial charge in [0.25, 0.3) is 11.8 Å². The van der Waals surface area contributed by atoms with Crippen LogP contribution in [-0.2, 0) is 9.53 Å². The van der Waals surface area contributed by atoms with Crippen LogP contribution in [0.25, 0.3) is 0 Å². The van der Waals surface area contributed by atoms with Crippen molar-refractivity contribution in [1.29, 1.82) is 0 Å². The van der Waals surface area contributed by atoms with Crippen LogP contribution in [0.2, 0.25) is 0 Å². The topological polar surface area (TPSA) is 77.1 Å². The second-order valence-corrected chi connectivity index (χ2v) is 6.50. The first kappa shape index (κ1) is 19.7. The van der Waals surface area contributed by atoms with Gasteiger partial charge in [0.2, 0.25) is 0 Å². The Bertz CT molecular complexity index is 822. The molecule has 1 saturated heterocycles. The van der Waals surface area contributed by atoms with Gasteiger partial charge in [0, 0.05) is 24.3 Å². The molecule has 1 aliphatic rings. The minimum atomic E-state index is -0.299. The van der Waals surface area contributed by atoms with E-state index in [0.29, 0.717) is 42.4 Å². The Morgan fingerprint density at radius 3 is 2.54 bits per heavy atom. The van der Waals surface area contributed by atoms with Gasteiger partial charge in [-0.05, 0) is 43.3 Å². The largest absolute Gasteiger partial charge is 0.493 e. The van der Waals surface area contributed by atoms with Crippen LogP contribution in [0.3, 0.4) is 0 Å². The summed E-state index contributed by atoms with van der Waals surface area (Å²) in [7, 11) is 1.54. The molecule has 148 valence electrons. The Balaban J connectivity index is 1.53. The highest BCUT2D eigenvalue weighted by atomic mass is 16.5. The summed E-state index contributed by atoms with van der Waals surface area (Å²) >= 11 is 0. The molecular formula is C21H24N2O5. The zero-order valence-electron chi connectivity index (χ0n) is 16.0. The molecule has 7 nitrogen and oxygen atoms in total. The number of nitrogens with one attached hydrogen (secondary N) is 1. The van der Waals surface area contributed by atoms with E-state index in [0.717, 1.165) is 0 Å². The van der Waals surface area contributed by atoms with E-state index in [1.54, 1.807) is 54.5 Å². The first-order chi connectivity index (χ1) is 13.6. The lowest BCUT2D eigenvalue weighted by molar-refractivity contribution is -0.118. The molecular weight excluding hydrogens is 360 g/mol. The Hall–Kier alpha value is -3.06. The molecule has 1 unspecified atom stereocenters. The maximum atomic E-state index is 12.5. The van der Waals surface area contributed by atoms with Crippen LogP contribution in [0.15, 0.2) is 48.5 Å². The summed E-state index contributed by atoms with van der Waals surface area (Å²) in [5.74, 6) is 0.732. The van der Waals surface area contributed by atoms with Gasteiger partial charge in [-0.1, -0.05) is 12.1 Å². The van der Waals surface area contributed by atoms with E-state index in [1.807, 2.05) is 13.0 Å². The summed E-state index contributed by atoms with van der Waals surface area (Å²) in [6.07, 6.45) is 0.0412. The number of methoxy groups -OCH3 is 1. The lowest BCUT2D eigenvalue weighted by Crippen LogP contribution is -2.44. The normalized spacial score (nSPS) is 16.4. The maximum absolute atomic E-state index is 12.5. The van der Waals surface area contributed by atoms with Gasteiger partial charge in [-0.15, -0.1) is 0 Å². The predicted octanol–water partition coefficient (Wildman–Crippen LogP) is 2.57. The number of carbonyl (C=O) groups excluding carboxylic acids is 2. The van der Waals surface area contributed by atoms with Crippen molar-refractivity contribution in [3.05, 3.63) is 54.1 Å². The summed E-state index contributed by atoms with van der Waals surface area (Å²) < 4.78 is 16.2. The molecule has 1 aliphatic heterocycles. The highest BCUT2D eigenvalue weighted by Crippen LogP contribution is 2.25. The average Bonchev–Trinajstić information content (AvgIpc) is 2.72. The lowest BCUT2D eigenvalue weighted by Gasteiger charge is -2.31. The molecule has 0 spiro atoms. The van der Waals surface area contributed by atoms with Crippen LogP contribution in [0, 0.1) is 0 Å². The number of hydrogen-bond acceptors (Lipinski definition) is 5. The van der Waals surface area contributed by atoms with Gasteiger partial charge in [-0.25, -0.2) is 0 Å². The Morgan fingerprint density at radius 2 is 1.86 bits per heavy atom. The van der Waals surface area contributed by atoms with E-state index in [9.17, 15) is 9.59 Å². The molecule has 1 atom stereocenters. The molecule has 0 aliphatic carbocycles. The third-order valence-corrected chi connectivity index (χ3v) is 4.37. The maximum Gasteiger partial charge on any atom is 0.262 e. The second kappa shape index (κ2) is 9.23. The summed E-state index contributed by atoms with van der Waals surface area (Å²) in [6.45, 7) is 3.52. The molecule has 1 heterocycles. The fraction of sp³-hybridized carbons (Fsp3) is 0.333. The highest BCUT2D eigenvalue weighted by Gasteiger charge is 2.22. The standard InChI is InChI=1S/C21H24N2O5/c1-15-13-23(11-12-27-15)21(25)16-7-9-17(10-8-16)22-20(24)14-28-19-6-4-3-5-18(19)26-2/h3-10,15H,11-14H2,1-2H3,(H,22,24). The van der Waals surface area contributed by atoms with Crippen molar-refractivity contribution in [3.63, 3.8) is 0 Å². The third-order valence-electron chi connectivity index (χ3n) is 4.37. The quantitative estimate of drug-likeness (QED) is 0.828. The van der Waals surface area contributed by atoms with Gasteiger partial charge in [-0.3, -0.25) is 9.59 Å². The number of anilines is 1. The first-order valence-corrected chi connectivity index (χ1v) is 9.13. The monoisotopic (exact) mass is 384 g/mol. The van der Waals surface area contributed by atoms with E-state index in [2.05, 4.69) is 5.32 Å². The van der Waals surface area contributed by atoms with Crippen molar-refractivity contribution in [1.82, 2.24) is 4.90 Å². The zero-order chi connectivity index (χ0) is 19.9. The molecule has 1 N–H and O–H groups in total. The summed E-state index contributed by atoms with van der Waals surface area (Å²) in [5, 5.41) is 2.75. The molecule has 2 aromatic rings. The second-order valence-electron chi connectivity index (χ2n) is 6.50. The molecule has 2 amide bonds. The fourth-order valence-electron chi connectivity index (χ4n) is 2.96. The lowest BCUT2D eigenvalue weighted by atomic mass is 10.1. The van der Waals surface area contributed by atoms with Crippen LogP contribution < -0.4 is 14.8 Å². The highest BCUT2D eigenvalue weighted by molar-refractivity contribution is 5.96. The van der Waals surface area contributed by atoms with Crippen molar-refractivity contribution < 1.29 is 23.8 Å². The summed E-state index contributed by atoms with van der Waals surface area (Å²) in [5.41, 5.74) is 1.18. The number of benzene rings is 2. The summed E-state index contributed by atoms with van der Waals surface area (Å²) in [6, 6.07) is 14.0. The number of hydrogen-bond donors (Lipinski definition) is 1.